The fourth-order valence-electron chi connectivity index (χ4n) is 3.90. The molecule has 154 valence electrons. The number of aliphatic hydroxyl groups excluding tert-OH is 2. The highest BCUT2D eigenvalue weighted by Gasteiger charge is 2.39. The summed E-state index contributed by atoms with van der Waals surface area (Å²) in [5.41, 5.74) is 0.573. The van der Waals surface area contributed by atoms with Crippen LogP contribution in [0.5, 0.6) is 11.5 Å². The summed E-state index contributed by atoms with van der Waals surface area (Å²) in [6.45, 7) is -1.99. The maximum absolute atomic E-state index is 12.4. The third kappa shape index (κ3) is 3.69. The van der Waals surface area contributed by atoms with Crippen molar-refractivity contribution in [3.63, 3.8) is 0 Å². The van der Waals surface area contributed by atoms with Crippen LogP contribution in [-0.2, 0) is 11.2 Å². The number of benzene rings is 1. The van der Waals surface area contributed by atoms with Crippen LogP contribution in [0.2, 0.25) is 6.32 Å². The van der Waals surface area contributed by atoms with Gasteiger partial charge in [0.2, 0.25) is 5.91 Å². The van der Waals surface area contributed by atoms with Gasteiger partial charge in [-0.1, -0.05) is 12.4 Å². The maximum atomic E-state index is 12.4. The number of amides is 1. The Morgan fingerprint density at radius 3 is 2.71 bits per heavy atom. The second kappa shape index (κ2) is 7.18. The highest BCUT2D eigenvalue weighted by Crippen LogP contribution is 2.41. The minimum absolute atomic E-state index is 0.0140. The van der Waals surface area contributed by atoms with Gasteiger partial charge in [0.15, 0.2) is 6.29 Å². The molecule has 2 saturated heterocycles. The van der Waals surface area contributed by atoms with Gasteiger partial charge in [0, 0.05) is 6.54 Å². The molecule has 3 aliphatic rings. The molecule has 0 saturated carbocycles. The lowest BCUT2D eigenvalue weighted by Crippen LogP contribution is -2.59. The molecule has 10 nitrogen and oxygen atoms in total. The molecule has 1 aromatic carbocycles. The van der Waals surface area contributed by atoms with Crippen molar-refractivity contribution >= 4 is 12.7 Å². The van der Waals surface area contributed by atoms with Crippen LogP contribution in [0, 0.1) is 0 Å². The lowest BCUT2D eigenvalue weighted by atomic mass is 9.70. The number of carbonyl (C=O) groups is 1. The summed E-state index contributed by atoms with van der Waals surface area (Å²) in [4.78, 5) is 14.0. The number of hydrogen-bond donors (Lipinski definition) is 6. The van der Waals surface area contributed by atoms with E-state index >= 15 is 0 Å². The average Bonchev–Trinajstić information content (AvgIpc) is 3.02. The number of hydrogen-bond acceptors (Lipinski definition) is 9. The maximum Gasteiger partial charge on any atom is 0.430 e. The third-order valence-electron chi connectivity index (χ3n) is 5.45. The second-order valence-corrected chi connectivity index (χ2v) is 7.69. The van der Waals surface area contributed by atoms with E-state index in [1.807, 2.05) is 0 Å². The van der Waals surface area contributed by atoms with Crippen LogP contribution in [0.3, 0.4) is 0 Å². The van der Waals surface area contributed by atoms with E-state index in [9.17, 15) is 30.2 Å². The number of aryl methyl sites for hydroxylation is 1. The van der Waals surface area contributed by atoms with Gasteiger partial charge in [-0.3, -0.25) is 4.79 Å². The number of nitrogens with zero attached hydrogens (tertiary/aromatic N) is 1. The van der Waals surface area contributed by atoms with Gasteiger partial charge in [0.25, 0.3) is 0 Å². The summed E-state index contributed by atoms with van der Waals surface area (Å²) in [5, 5.41) is 51.7. The van der Waals surface area contributed by atoms with Gasteiger partial charge in [0.05, 0.1) is 36.5 Å². The van der Waals surface area contributed by atoms with Crippen LogP contribution >= 0.6 is 0 Å². The van der Waals surface area contributed by atoms with Gasteiger partial charge in [-0.2, -0.15) is 0 Å². The molecule has 0 bridgehead atoms. The standard InChI is InChI=1S/C17H24BN2O8/c21-10-5-12(19-6-10)16(22)20-7-11(8-20)27-13-2-1-9-3-4-18(25,26)28-15(9)14(13)17(23)24/h1-2,10-12,17,19,21,23-26H,3-8H2/q-1. The van der Waals surface area contributed by atoms with E-state index in [4.69, 9.17) is 9.39 Å². The van der Waals surface area contributed by atoms with Crippen molar-refractivity contribution in [2.75, 3.05) is 19.6 Å². The van der Waals surface area contributed by atoms with Gasteiger partial charge in [-0.25, -0.2) is 0 Å². The summed E-state index contributed by atoms with van der Waals surface area (Å²) in [6, 6.07) is 2.88. The molecule has 0 spiro atoms. The Balaban J connectivity index is 1.44. The van der Waals surface area contributed by atoms with Crippen molar-refractivity contribution in [2.24, 2.45) is 0 Å². The van der Waals surface area contributed by atoms with Crippen LogP contribution in [-0.4, -0.2) is 80.8 Å². The smallest absolute Gasteiger partial charge is 0.430 e. The molecule has 2 unspecified atom stereocenters. The largest absolute Gasteiger partial charge is 0.670 e. The van der Waals surface area contributed by atoms with Gasteiger partial charge in [0.1, 0.15) is 11.9 Å². The zero-order valence-electron chi connectivity index (χ0n) is 15.2. The normalized spacial score (nSPS) is 26.6. The summed E-state index contributed by atoms with van der Waals surface area (Å²) in [7, 11) is 0. The van der Waals surface area contributed by atoms with Crippen molar-refractivity contribution in [2.45, 2.75) is 43.7 Å². The predicted octanol–water partition coefficient (Wildman–Crippen LogP) is -2.16. The van der Waals surface area contributed by atoms with E-state index in [-0.39, 0.29) is 35.4 Å². The van der Waals surface area contributed by atoms with E-state index in [0.29, 0.717) is 38.0 Å². The number of rotatable bonds is 4. The van der Waals surface area contributed by atoms with Gasteiger partial charge in [-0.05, 0) is 24.5 Å². The molecule has 1 aromatic rings. The summed E-state index contributed by atoms with van der Waals surface area (Å²) < 4.78 is 11.0. The Labute approximate surface area is 161 Å². The Morgan fingerprint density at radius 2 is 2.07 bits per heavy atom. The quantitative estimate of drug-likeness (QED) is 0.247. The summed E-state index contributed by atoms with van der Waals surface area (Å²) >= 11 is 0. The van der Waals surface area contributed by atoms with E-state index < -0.39 is 25.2 Å². The van der Waals surface area contributed by atoms with E-state index in [2.05, 4.69) is 5.32 Å². The molecular weight excluding hydrogens is 371 g/mol. The molecule has 2 atom stereocenters. The molecule has 3 aliphatic heterocycles. The van der Waals surface area contributed by atoms with E-state index in [0.717, 1.165) is 0 Å². The van der Waals surface area contributed by atoms with Crippen molar-refractivity contribution in [1.29, 1.82) is 0 Å². The van der Waals surface area contributed by atoms with Crippen molar-refractivity contribution in [3.8, 4) is 11.5 Å². The molecule has 1 amide bonds. The third-order valence-corrected chi connectivity index (χ3v) is 5.45. The van der Waals surface area contributed by atoms with Gasteiger partial charge in [-0.15, -0.1) is 0 Å². The highest BCUT2D eigenvalue weighted by atomic mass is 16.6. The van der Waals surface area contributed by atoms with Crippen LogP contribution in [0.25, 0.3) is 0 Å². The van der Waals surface area contributed by atoms with Gasteiger partial charge >= 0.3 is 6.75 Å². The first-order chi connectivity index (χ1) is 13.2. The molecule has 0 aromatic heterocycles. The molecule has 0 radical (unpaired) electrons. The number of fused-ring (bicyclic) bond motifs is 1. The summed E-state index contributed by atoms with van der Waals surface area (Å²) in [6.07, 6.45) is -2.04. The topological polar surface area (TPSA) is 152 Å². The first-order valence-electron chi connectivity index (χ1n) is 9.41. The fourth-order valence-corrected chi connectivity index (χ4v) is 3.90. The van der Waals surface area contributed by atoms with Crippen LogP contribution in [0.4, 0.5) is 0 Å². The first kappa shape index (κ1) is 19.4. The van der Waals surface area contributed by atoms with Gasteiger partial charge < -0.3 is 45.0 Å². The van der Waals surface area contributed by atoms with E-state index in [1.54, 1.807) is 17.0 Å². The fraction of sp³-hybridized carbons (Fsp3) is 0.588. The molecular formula is C17H24BN2O8-. The molecule has 11 heteroatoms. The molecule has 6 N–H and O–H groups in total. The minimum Gasteiger partial charge on any atom is -0.670 e. The van der Waals surface area contributed by atoms with Crippen LogP contribution in [0.1, 0.15) is 23.8 Å². The second-order valence-electron chi connectivity index (χ2n) is 7.69. The lowest BCUT2D eigenvalue weighted by Gasteiger charge is -2.41. The zero-order chi connectivity index (χ0) is 20.1. The predicted molar refractivity (Wildman–Crippen MR) is 96.4 cm³/mol. The zero-order valence-corrected chi connectivity index (χ0v) is 15.2. The number of β-amino-alcohol motifs (C(OH)–C–C–N with tert-alkyl or cyclic N) is 1. The number of carbonyl (C=O) groups excluding carboxylic acids is 1. The van der Waals surface area contributed by atoms with Crippen molar-refractivity contribution in [3.05, 3.63) is 23.3 Å². The SMILES string of the molecule is O=C(C1CC(O)CN1)N1CC(Oc2ccc3c(c2C(O)O)O[B-](O)(O)CC3)C1. The highest BCUT2D eigenvalue weighted by molar-refractivity contribution is 6.58. The average molecular weight is 395 g/mol. The Kier molecular flexibility index (Phi) is 4.98. The minimum atomic E-state index is -3.06. The lowest BCUT2D eigenvalue weighted by molar-refractivity contribution is -0.142. The molecule has 28 heavy (non-hydrogen) atoms. The first-order valence-corrected chi connectivity index (χ1v) is 9.41. The van der Waals surface area contributed by atoms with Crippen LogP contribution in [0.15, 0.2) is 12.1 Å². The Morgan fingerprint density at radius 1 is 1.32 bits per heavy atom. The Bertz CT molecular complexity index is 768. The number of aliphatic hydroxyl groups is 3. The molecule has 3 heterocycles. The monoisotopic (exact) mass is 395 g/mol. The Hall–Kier alpha value is -1.89. The molecule has 2 fully saturated rings. The van der Waals surface area contributed by atoms with E-state index in [1.165, 1.54) is 0 Å². The number of ether oxygens (including phenoxy) is 1. The number of nitrogens with one attached hydrogen (secondary N) is 1. The summed E-state index contributed by atoms with van der Waals surface area (Å²) in [5.74, 6) is 0.0783. The van der Waals surface area contributed by atoms with Crippen molar-refractivity contribution in [1.82, 2.24) is 10.2 Å². The molecule has 0 aliphatic carbocycles. The number of likely N-dealkylation sites (tertiary alicyclic amines) is 1. The van der Waals surface area contributed by atoms with Crippen LogP contribution < -0.4 is 14.7 Å². The van der Waals surface area contributed by atoms with Crippen molar-refractivity contribution < 1.29 is 39.6 Å². The molecule has 4 rings (SSSR count).